The average molecular weight is 362 g/mol. The fourth-order valence-electron chi connectivity index (χ4n) is 2.52. The van der Waals surface area contributed by atoms with Gasteiger partial charge in [-0.2, -0.15) is 5.10 Å². The van der Waals surface area contributed by atoms with Crippen LogP contribution in [0.1, 0.15) is 30.2 Å². The first-order valence-corrected chi connectivity index (χ1v) is 8.38. The maximum atomic E-state index is 12.5. The van der Waals surface area contributed by atoms with Gasteiger partial charge in [0.25, 0.3) is 5.56 Å². The molecule has 0 aliphatic rings. The van der Waals surface area contributed by atoms with Gasteiger partial charge in [-0.15, -0.1) is 0 Å². The van der Waals surface area contributed by atoms with E-state index in [4.69, 9.17) is 0 Å². The second kappa shape index (κ2) is 7.74. The van der Waals surface area contributed by atoms with Crippen molar-refractivity contribution in [2.45, 2.75) is 19.9 Å². The van der Waals surface area contributed by atoms with E-state index in [1.54, 1.807) is 55.7 Å². The lowest BCUT2D eigenvalue weighted by Gasteiger charge is -2.15. The molecule has 0 aliphatic carbocycles. The molecule has 0 aliphatic heterocycles. The fraction of sp³-hybridized carbons (Fsp3) is 0.150. The van der Waals surface area contributed by atoms with Crippen molar-refractivity contribution >= 4 is 17.4 Å². The Hall–Kier alpha value is -3.61. The molecule has 27 heavy (non-hydrogen) atoms. The highest BCUT2D eigenvalue weighted by Crippen LogP contribution is 2.16. The molecule has 3 aromatic rings. The van der Waals surface area contributed by atoms with Crippen LogP contribution in [-0.4, -0.2) is 26.5 Å². The summed E-state index contributed by atoms with van der Waals surface area (Å²) in [5.41, 5.74) is 2.01. The molecule has 1 amide bonds. The molecular formula is C20H18N4O3. The van der Waals surface area contributed by atoms with E-state index in [-0.39, 0.29) is 17.2 Å². The van der Waals surface area contributed by atoms with Crippen LogP contribution >= 0.6 is 0 Å². The van der Waals surface area contributed by atoms with Gasteiger partial charge in [0.2, 0.25) is 5.91 Å². The molecule has 1 atom stereocenters. The summed E-state index contributed by atoms with van der Waals surface area (Å²) in [5, 5.41) is 7.03. The van der Waals surface area contributed by atoms with Gasteiger partial charge in [0.1, 0.15) is 6.04 Å². The van der Waals surface area contributed by atoms with Gasteiger partial charge in [0, 0.05) is 35.3 Å². The van der Waals surface area contributed by atoms with Gasteiger partial charge in [-0.1, -0.05) is 0 Å². The molecule has 0 radical (unpaired) electrons. The van der Waals surface area contributed by atoms with Crippen molar-refractivity contribution in [3.8, 4) is 11.3 Å². The van der Waals surface area contributed by atoms with E-state index in [0.29, 0.717) is 16.9 Å². The van der Waals surface area contributed by atoms with Gasteiger partial charge in [-0.3, -0.25) is 19.4 Å². The Bertz CT molecular complexity index is 1030. The third-order valence-corrected chi connectivity index (χ3v) is 4.09. The van der Waals surface area contributed by atoms with E-state index >= 15 is 0 Å². The van der Waals surface area contributed by atoms with Gasteiger partial charge in [0.05, 0.1) is 5.69 Å². The molecule has 3 rings (SSSR count). The Morgan fingerprint density at radius 3 is 2.44 bits per heavy atom. The van der Waals surface area contributed by atoms with Crippen LogP contribution in [0.2, 0.25) is 0 Å². The standard InChI is InChI=1S/C20H18N4O3/c1-13(20(27)22-17-7-5-15(6-8-17)14(2)25)24-19(26)10-9-18(23-24)16-4-3-11-21-12-16/h3-13H,1-2H3,(H,22,27). The molecule has 1 N–H and O–H groups in total. The van der Waals surface area contributed by atoms with Crippen LogP contribution in [0.5, 0.6) is 0 Å². The van der Waals surface area contributed by atoms with E-state index < -0.39 is 6.04 Å². The van der Waals surface area contributed by atoms with Gasteiger partial charge < -0.3 is 5.32 Å². The first kappa shape index (κ1) is 18.2. The Kier molecular flexibility index (Phi) is 5.21. The molecule has 0 saturated heterocycles. The van der Waals surface area contributed by atoms with Crippen molar-refractivity contribution in [2.75, 3.05) is 5.32 Å². The zero-order chi connectivity index (χ0) is 19.4. The number of hydrogen-bond acceptors (Lipinski definition) is 5. The molecule has 2 heterocycles. The van der Waals surface area contributed by atoms with Crippen molar-refractivity contribution < 1.29 is 9.59 Å². The van der Waals surface area contributed by atoms with Gasteiger partial charge in [-0.25, -0.2) is 4.68 Å². The molecule has 1 unspecified atom stereocenters. The minimum atomic E-state index is -0.818. The number of Topliss-reactive ketones (excluding diaryl/α,β-unsaturated/α-hetero) is 1. The number of pyridine rings is 1. The van der Waals surface area contributed by atoms with Crippen LogP contribution < -0.4 is 10.9 Å². The quantitative estimate of drug-likeness (QED) is 0.704. The van der Waals surface area contributed by atoms with Crippen LogP contribution in [0.25, 0.3) is 11.3 Å². The van der Waals surface area contributed by atoms with Crippen LogP contribution in [0.15, 0.2) is 65.7 Å². The maximum absolute atomic E-state index is 12.5. The maximum Gasteiger partial charge on any atom is 0.267 e. The largest absolute Gasteiger partial charge is 0.324 e. The Balaban J connectivity index is 1.82. The summed E-state index contributed by atoms with van der Waals surface area (Å²) in [6.07, 6.45) is 3.28. The lowest BCUT2D eigenvalue weighted by atomic mass is 10.1. The number of rotatable bonds is 5. The number of benzene rings is 1. The summed E-state index contributed by atoms with van der Waals surface area (Å²) in [7, 11) is 0. The van der Waals surface area contributed by atoms with E-state index in [1.807, 2.05) is 6.07 Å². The lowest BCUT2D eigenvalue weighted by molar-refractivity contribution is -0.119. The van der Waals surface area contributed by atoms with Gasteiger partial charge in [-0.05, 0) is 56.3 Å². The van der Waals surface area contributed by atoms with Crippen molar-refractivity contribution in [2.24, 2.45) is 0 Å². The van der Waals surface area contributed by atoms with Crippen molar-refractivity contribution in [1.29, 1.82) is 0 Å². The summed E-state index contributed by atoms with van der Waals surface area (Å²) in [6, 6.07) is 12.3. The first-order valence-electron chi connectivity index (χ1n) is 8.38. The Morgan fingerprint density at radius 2 is 1.81 bits per heavy atom. The second-order valence-electron chi connectivity index (χ2n) is 6.04. The number of carbonyl (C=O) groups is 2. The number of nitrogens with one attached hydrogen (secondary N) is 1. The smallest absolute Gasteiger partial charge is 0.267 e. The summed E-state index contributed by atoms with van der Waals surface area (Å²) in [5.74, 6) is -0.437. The highest BCUT2D eigenvalue weighted by atomic mass is 16.2. The van der Waals surface area contributed by atoms with E-state index in [2.05, 4.69) is 15.4 Å². The molecule has 136 valence electrons. The summed E-state index contributed by atoms with van der Waals surface area (Å²) < 4.78 is 1.14. The molecular weight excluding hydrogens is 344 g/mol. The van der Waals surface area contributed by atoms with Crippen LogP contribution in [-0.2, 0) is 4.79 Å². The topological polar surface area (TPSA) is 93.9 Å². The lowest BCUT2D eigenvalue weighted by Crippen LogP contribution is -2.33. The number of aromatic nitrogens is 3. The SMILES string of the molecule is CC(=O)c1ccc(NC(=O)C(C)n2nc(-c3cccnc3)ccc2=O)cc1. The average Bonchev–Trinajstić information content (AvgIpc) is 2.69. The van der Waals surface area contributed by atoms with Crippen LogP contribution in [0, 0.1) is 0 Å². The molecule has 0 fully saturated rings. The predicted molar refractivity (Wildman–Crippen MR) is 102 cm³/mol. The van der Waals surface area contributed by atoms with Gasteiger partial charge >= 0.3 is 0 Å². The normalized spacial score (nSPS) is 11.6. The third kappa shape index (κ3) is 4.14. The van der Waals surface area contributed by atoms with Crippen molar-refractivity contribution in [1.82, 2.24) is 14.8 Å². The zero-order valence-electron chi connectivity index (χ0n) is 14.9. The number of hydrogen-bond donors (Lipinski definition) is 1. The second-order valence-corrected chi connectivity index (χ2v) is 6.04. The van der Waals surface area contributed by atoms with E-state index in [9.17, 15) is 14.4 Å². The zero-order valence-corrected chi connectivity index (χ0v) is 14.9. The highest BCUT2D eigenvalue weighted by Gasteiger charge is 2.18. The van der Waals surface area contributed by atoms with Crippen molar-refractivity contribution in [3.63, 3.8) is 0 Å². The minimum Gasteiger partial charge on any atom is -0.324 e. The molecule has 0 saturated carbocycles. The number of anilines is 1. The number of ketones is 1. The predicted octanol–water partition coefficient (Wildman–Crippen LogP) is 2.71. The molecule has 2 aromatic heterocycles. The van der Waals surface area contributed by atoms with E-state index in [0.717, 1.165) is 10.2 Å². The Morgan fingerprint density at radius 1 is 1.07 bits per heavy atom. The van der Waals surface area contributed by atoms with Crippen molar-refractivity contribution in [3.05, 3.63) is 76.8 Å². The van der Waals surface area contributed by atoms with Crippen LogP contribution in [0.3, 0.4) is 0 Å². The first-order chi connectivity index (χ1) is 13.0. The van der Waals surface area contributed by atoms with Crippen LogP contribution in [0.4, 0.5) is 5.69 Å². The van der Waals surface area contributed by atoms with E-state index in [1.165, 1.54) is 13.0 Å². The van der Waals surface area contributed by atoms with Gasteiger partial charge in [0.15, 0.2) is 5.78 Å². The molecule has 7 nitrogen and oxygen atoms in total. The molecule has 1 aromatic carbocycles. The summed E-state index contributed by atoms with van der Waals surface area (Å²) >= 11 is 0. The Labute approximate surface area is 155 Å². The molecule has 0 bridgehead atoms. The third-order valence-electron chi connectivity index (χ3n) is 4.09. The summed E-state index contributed by atoms with van der Waals surface area (Å²) in [6.45, 7) is 3.07. The minimum absolute atomic E-state index is 0.0517. The monoisotopic (exact) mass is 362 g/mol. The highest BCUT2D eigenvalue weighted by molar-refractivity contribution is 5.96. The fourth-order valence-corrected chi connectivity index (χ4v) is 2.52. The number of amides is 1. The molecule has 7 heteroatoms. The number of nitrogens with zero attached hydrogens (tertiary/aromatic N) is 3. The molecule has 0 spiro atoms. The number of carbonyl (C=O) groups excluding carboxylic acids is 2. The summed E-state index contributed by atoms with van der Waals surface area (Å²) in [4.78, 5) is 40.1.